The molecule has 0 aliphatic carbocycles. The minimum atomic E-state index is -4.43. The quantitative estimate of drug-likeness (QED) is 0.841. The zero-order valence-electron chi connectivity index (χ0n) is 10.2. The predicted octanol–water partition coefficient (Wildman–Crippen LogP) is 2.33. The number of nitrogens with zero attached hydrogens (tertiary/aromatic N) is 2. The fraction of sp³-hybridized carbons (Fsp3) is 0.583. The summed E-state index contributed by atoms with van der Waals surface area (Å²) < 4.78 is 37.9. The van der Waals surface area contributed by atoms with Crippen molar-refractivity contribution in [1.29, 1.82) is 0 Å². The van der Waals surface area contributed by atoms with E-state index in [9.17, 15) is 13.2 Å². The van der Waals surface area contributed by atoms with Crippen LogP contribution in [0.3, 0.4) is 0 Å². The second-order valence-electron chi connectivity index (χ2n) is 4.73. The van der Waals surface area contributed by atoms with Gasteiger partial charge in [-0.15, -0.1) is 0 Å². The third-order valence-electron chi connectivity index (χ3n) is 3.53. The number of aromatic nitrogens is 1. The Morgan fingerprint density at radius 1 is 1.39 bits per heavy atom. The van der Waals surface area contributed by atoms with Gasteiger partial charge in [-0.3, -0.25) is 9.88 Å². The maximum atomic E-state index is 12.6. The van der Waals surface area contributed by atoms with E-state index in [0.717, 1.165) is 25.5 Å². The molecule has 1 unspecified atom stereocenters. The molecule has 0 spiro atoms. The standard InChI is InChI=1S/C12H16F3N3/c1-18-7-3-2-5-11(18,16)9-4-6-17-10(8-9)12(13,14)15/h4,6,8H,2-3,5,7,16H2,1H3. The molecule has 6 heteroatoms. The van der Waals surface area contributed by atoms with Crippen LogP contribution in [0.4, 0.5) is 13.2 Å². The highest BCUT2D eigenvalue weighted by atomic mass is 19.4. The van der Waals surface area contributed by atoms with Crippen molar-refractivity contribution >= 4 is 0 Å². The van der Waals surface area contributed by atoms with Gasteiger partial charge in [0.05, 0.1) is 5.66 Å². The summed E-state index contributed by atoms with van der Waals surface area (Å²) in [6.07, 6.45) is -0.656. The van der Waals surface area contributed by atoms with Gasteiger partial charge >= 0.3 is 6.18 Å². The Morgan fingerprint density at radius 3 is 2.72 bits per heavy atom. The van der Waals surface area contributed by atoms with E-state index >= 15 is 0 Å². The number of likely N-dealkylation sites (tertiary alicyclic amines) is 1. The SMILES string of the molecule is CN1CCCCC1(N)c1ccnc(C(F)(F)F)c1. The van der Waals surface area contributed by atoms with Gasteiger partial charge in [-0.25, -0.2) is 0 Å². The number of piperidine rings is 1. The lowest BCUT2D eigenvalue weighted by molar-refractivity contribution is -0.141. The van der Waals surface area contributed by atoms with E-state index in [0.29, 0.717) is 12.0 Å². The molecular formula is C12H16F3N3. The summed E-state index contributed by atoms with van der Waals surface area (Å²) in [6, 6.07) is 2.62. The number of pyridine rings is 1. The Morgan fingerprint density at radius 2 is 2.11 bits per heavy atom. The topological polar surface area (TPSA) is 42.1 Å². The Kier molecular flexibility index (Phi) is 3.33. The molecule has 1 aliphatic heterocycles. The average molecular weight is 259 g/mol. The molecule has 1 aromatic rings. The van der Waals surface area contributed by atoms with E-state index in [2.05, 4.69) is 4.98 Å². The second kappa shape index (κ2) is 4.51. The Bertz CT molecular complexity index is 433. The van der Waals surface area contributed by atoms with Crippen molar-refractivity contribution < 1.29 is 13.2 Å². The molecule has 0 saturated carbocycles. The van der Waals surface area contributed by atoms with Crippen LogP contribution in [0, 0.1) is 0 Å². The van der Waals surface area contributed by atoms with E-state index in [-0.39, 0.29) is 0 Å². The molecule has 100 valence electrons. The van der Waals surface area contributed by atoms with E-state index in [4.69, 9.17) is 5.73 Å². The molecular weight excluding hydrogens is 243 g/mol. The van der Waals surface area contributed by atoms with Crippen molar-refractivity contribution in [2.45, 2.75) is 31.1 Å². The van der Waals surface area contributed by atoms with E-state index in [1.807, 2.05) is 11.9 Å². The van der Waals surface area contributed by atoms with Gasteiger partial charge in [-0.05, 0) is 50.6 Å². The molecule has 1 atom stereocenters. The van der Waals surface area contributed by atoms with Gasteiger partial charge in [-0.2, -0.15) is 13.2 Å². The molecule has 1 fully saturated rings. The summed E-state index contributed by atoms with van der Waals surface area (Å²) in [5, 5.41) is 0. The molecule has 0 amide bonds. The number of rotatable bonds is 1. The molecule has 2 heterocycles. The Labute approximate surface area is 104 Å². The molecule has 1 aliphatic rings. The van der Waals surface area contributed by atoms with Gasteiger partial charge in [0.15, 0.2) is 0 Å². The molecule has 2 N–H and O–H groups in total. The Balaban J connectivity index is 2.38. The monoisotopic (exact) mass is 259 g/mol. The van der Waals surface area contributed by atoms with Crippen LogP contribution in [0.5, 0.6) is 0 Å². The average Bonchev–Trinajstić information content (AvgIpc) is 2.32. The fourth-order valence-electron chi connectivity index (χ4n) is 2.35. The first-order chi connectivity index (χ1) is 8.34. The van der Waals surface area contributed by atoms with Gasteiger partial charge in [0.1, 0.15) is 5.69 Å². The smallest absolute Gasteiger partial charge is 0.309 e. The lowest BCUT2D eigenvalue weighted by atomic mass is 9.89. The van der Waals surface area contributed by atoms with Crippen LogP contribution in [-0.4, -0.2) is 23.5 Å². The third-order valence-corrected chi connectivity index (χ3v) is 3.53. The molecule has 18 heavy (non-hydrogen) atoms. The Hall–Kier alpha value is -1.14. The molecule has 0 bridgehead atoms. The first-order valence-electron chi connectivity index (χ1n) is 5.88. The van der Waals surface area contributed by atoms with Crippen molar-refractivity contribution in [3.63, 3.8) is 0 Å². The summed E-state index contributed by atoms with van der Waals surface area (Å²) in [5.41, 5.74) is 5.04. The molecule has 0 radical (unpaired) electrons. The zero-order chi connectivity index (χ0) is 13.4. The van der Waals surface area contributed by atoms with Crippen LogP contribution in [0.15, 0.2) is 18.3 Å². The summed E-state index contributed by atoms with van der Waals surface area (Å²) in [6.45, 7) is 0.792. The van der Waals surface area contributed by atoms with Crippen molar-refractivity contribution in [3.8, 4) is 0 Å². The van der Waals surface area contributed by atoms with Gasteiger partial charge in [-0.1, -0.05) is 0 Å². The summed E-state index contributed by atoms with van der Waals surface area (Å²) in [4.78, 5) is 5.27. The minimum absolute atomic E-state index is 0.479. The maximum Gasteiger partial charge on any atom is 0.433 e. The van der Waals surface area contributed by atoms with E-state index in [1.165, 1.54) is 6.20 Å². The van der Waals surface area contributed by atoms with Crippen molar-refractivity contribution in [3.05, 3.63) is 29.6 Å². The predicted molar refractivity (Wildman–Crippen MR) is 61.6 cm³/mol. The van der Waals surface area contributed by atoms with Crippen LogP contribution < -0.4 is 5.73 Å². The van der Waals surface area contributed by atoms with Crippen molar-refractivity contribution in [2.24, 2.45) is 5.73 Å². The van der Waals surface area contributed by atoms with Crippen molar-refractivity contribution in [2.75, 3.05) is 13.6 Å². The number of halogens is 3. The van der Waals surface area contributed by atoms with Gasteiger partial charge < -0.3 is 5.73 Å². The van der Waals surface area contributed by atoms with Crippen LogP contribution in [-0.2, 0) is 11.8 Å². The summed E-state index contributed by atoms with van der Waals surface area (Å²) in [5.74, 6) is 0. The maximum absolute atomic E-state index is 12.6. The van der Waals surface area contributed by atoms with Crippen LogP contribution in [0.2, 0.25) is 0 Å². The van der Waals surface area contributed by atoms with Crippen LogP contribution >= 0.6 is 0 Å². The minimum Gasteiger partial charge on any atom is -0.309 e. The molecule has 1 saturated heterocycles. The summed E-state index contributed by atoms with van der Waals surface area (Å²) in [7, 11) is 1.84. The van der Waals surface area contributed by atoms with Crippen LogP contribution in [0.1, 0.15) is 30.5 Å². The normalized spacial score (nSPS) is 26.3. The molecule has 3 nitrogen and oxygen atoms in total. The highest BCUT2D eigenvalue weighted by molar-refractivity contribution is 5.26. The van der Waals surface area contributed by atoms with Crippen molar-refractivity contribution in [1.82, 2.24) is 9.88 Å². The highest BCUT2D eigenvalue weighted by Gasteiger charge is 2.38. The van der Waals surface area contributed by atoms with Crippen LogP contribution in [0.25, 0.3) is 0 Å². The van der Waals surface area contributed by atoms with Gasteiger partial charge in [0.2, 0.25) is 0 Å². The fourth-order valence-corrected chi connectivity index (χ4v) is 2.35. The van der Waals surface area contributed by atoms with Gasteiger partial charge in [0, 0.05) is 6.20 Å². The number of alkyl halides is 3. The zero-order valence-corrected chi connectivity index (χ0v) is 10.2. The third kappa shape index (κ3) is 2.35. The number of hydrogen-bond acceptors (Lipinski definition) is 3. The number of nitrogens with two attached hydrogens (primary N) is 1. The first-order valence-corrected chi connectivity index (χ1v) is 5.88. The molecule has 0 aromatic carbocycles. The largest absolute Gasteiger partial charge is 0.433 e. The first kappa shape index (κ1) is 13.3. The van der Waals surface area contributed by atoms with E-state index in [1.54, 1.807) is 6.07 Å². The lowest BCUT2D eigenvalue weighted by Gasteiger charge is -2.42. The molecule has 1 aromatic heterocycles. The van der Waals surface area contributed by atoms with Gasteiger partial charge in [0.25, 0.3) is 0 Å². The second-order valence-corrected chi connectivity index (χ2v) is 4.73. The summed E-state index contributed by atoms with van der Waals surface area (Å²) >= 11 is 0. The lowest BCUT2D eigenvalue weighted by Crippen LogP contribution is -2.54. The number of hydrogen-bond donors (Lipinski definition) is 1. The van der Waals surface area contributed by atoms with E-state index < -0.39 is 17.5 Å². The highest BCUT2D eigenvalue weighted by Crippen LogP contribution is 2.34. The molecule has 2 rings (SSSR count).